The van der Waals surface area contributed by atoms with Crippen LogP contribution in [0.5, 0.6) is 11.5 Å². The summed E-state index contributed by atoms with van der Waals surface area (Å²) in [6, 6.07) is 21.0. The Bertz CT molecular complexity index is 1170. The molecule has 0 aliphatic heterocycles. The highest BCUT2D eigenvalue weighted by atomic mass is 127. The van der Waals surface area contributed by atoms with Crippen LogP contribution in [0.4, 0.5) is 5.69 Å². The largest absolute Gasteiger partial charge is 0.494 e. The third kappa shape index (κ3) is 7.20. The van der Waals surface area contributed by atoms with Crippen molar-refractivity contribution >= 4 is 62.9 Å². The Morgan fingerprint density at radius 2 is 1.67 bits per heavy atom. The van der Waals surface area contributed by atoms with Gasteiger partial charge in [0.25, 0.3) is 5.91 Å². The Labute approximate surface area is 221 Å². The third-order valence-corrected chi connectivity index (χ3v) is 6.23. The molecule has 1 N–H and O–H groups in total. The zero-order valence-corrected chi connectivity index (χ0v) is 22.5. The molecular formula is C26H22I2N2O3. The molecule has 0 spiro atoms. The lowest BCUT2D eigenvalue weighted by Gasteiger charge is -2.12. The number of rotatable bonds is 8. The Hall–Kier alpha value is -2.58. The van der Waals surface area contributed by atoms with Gasteiger partial charge in [0.1, 0.15) is 29.7 Å². The molecule has 1 amide bonds. The summed E-state index contributed by atoms with van der Waals surface area (Å²) in [5, 5.41) is 12.3. The van der Waals surface area contributed by atoms with Crippen molar-refractivity contribution in [3.05, 3.63) is 90.1 Å². The van der Waals surface area contributed by atoms with E-state index in [1.807, 2.05) is 37.3 Å². The Kier molecular flexibility index (Phi) is 9.14. The highest BCUT2D eigenvalue weighted by molar-refractivity contribution is 14.1. The van der Waals surface area contributed by atoms with Gasteiger partial charge in [0.15, 0.2) is 0 Å². The van der Waals surface area contributed by atoms with Gasteiger partial charge in [-0.1, -0.05) is 29.8 Å². The van der Waals surface area contributed by atoms with Crippen molar-refractivity contribution in [2.45, 2.75) is 20.5 Å². The number of halogens is 2. The van der Waals surface area contributed by atoms with E-state index in [4.69, 9.17) is 9.47 Å². The van der Waals surface area contributed by atoms with Gasteiger partial charge < -0.3 is 14.8 Å². The normalized spacial score (nSPS) is 10.9. The fourth-order valence-electron chi connectivity index (χ4n) is 2.96. The quantitative estimate of drug-likeness (QED) is 0.165. The van der Waals surface area contributed by atoms with Crippen LogP contribution in [-0.2, 0) is 11.4 Å². The molecule has 7 heteroatoms. The van der Waals surface area contributed by atoms with Gasteiger partial charge in [-0.2, -0.15) is 5.26 Å². The van der Waals surface area contributed by atoms with Crippen LogP contribution >= 0.6 is 45.2 Å². The number of carbonyl (C=O) groups is 1. The SMILES string of the molecule is CCOc1ccc(NC(=O)/C(C#N)=C\c2cc(I)c(OCc3ccc(C)cc3)c(I)c2)cc1. The highest BCUT2D eigenvalue weighted by Gasteiger charge is 2.13. The number of nitriles is 1. The van der Waals surface area contributed by atoms with E-state index in [-0.39, 0.29) is 5.57 Å². The number of aryl methyl sites for hydroxylation is 1. The molecule has 0 aromatic heterocycles. The van der Waals surface area contributed by atoms with Gasteiger partial charge in [-0.25, -0.2) is 0 Å². The first kappa shape index (κ1) is 25.1. The van der Waals surface area contributed by atoms with E-state index in [2.05, 4.69) is 69.6 Å². The van der Waals surface area contributed by atoms with E-state index in [1.54, 1.807) is 30.3 Å². The van der Waals surface area contributed by atoms with Gasteiger partial charge >= 0.3 is 0 Å². The summed E-state index contributed by atoms with van der Waals surface area (Å²) in [5.41, 5.74) is 3.66. The Morgan fingerprint density at radius 3 is 2.24 bits per heavy atom. The molecule has 0 unspecified atom stereocenters. The molecule has 0 heterocycles. The summed E-state index contributed by atoms with van der Waals surface area (Å²) < 4.78 is 13.3. The Balaban J connectivity index is 1.72. The van der Waals surface area contributed by atoms with Crippen LogP contribution in [0.2, 0.25) is 0 Å². The zero-order chi connectivity index (χ0) is 23.8. The second-order valence-corrected chi connectivity index (χ2v) is 9.49. The molecule has 3 rings (SSSR count). The molecule has 3 aromatic rings. The van der Waals surface area contributed by atoms with Gasteiger partial charge in [-0.3, -0.25) is 4.79 Å². The number of hydrogen-bond acceptors (Lipinski definition) is 4. The fourth-order valence-corrected chi connectivity index (χ4v) is 5.08. The van der Waals surface area contributed by atoms with Gasteiger partial charge in [0.2, 0.25) is 0 Å². The smallest absolute Gasteiger partial charge is 0.266 e. The summed E-state index contributed by atoms with van der Waals surface area (Å²) in [6.07, 6.45) is 1.58. The lowest BCUT2D eigenvalue weighted by molar-refractivity contribution is -0.112. The molecule has 0 aliphatic rings. The van der Waals surface area contributed by atoms with Crippen molar-refractivity contribution in [1.82, 2.24) is 0 Å². The van der Waals surface area contributed by atoms with Crippen LogP contribution in [-0.4, -0.2) is 12.5 Å². The van der Waals surface area contributed by atoms with Crippen molar-refractivity contribution in [3.8, 4) is 17.6 Å². The molecule has 0 saturated heterocycles. The van der Waals surface area contributed by atoms with Crippen LogP contribution < -0.4 is 14.8 Å². The predicted octanol–water partition coefficient (Wildman–Crippen LogP) is 6.73. The lowest BCUT2D eigenvalue weighted by atomic mass is 10.1. The molecule has 5 nitrogen and oxygen atoms in total. The number of hydrogen-bond donors (Lipinski definition) is 1. The maximum atomic E-state index is 12.6. The first-order valence-electron chi connectivity index (χ1n) is 10.2. The van der Waals surface area contributed by atoms with Crippen molar-refractivity contribution in [2.24, 2.45) is 0 Å². The molecule has 3 aromatic carbocycles. The first-order valence-corrected chi connectivity index (χ1v) is 12.4. The van der Waals surface area contributed by atoms with Crippen LogP contribution in [0.15, 0.2) is 66.2 Å². The van der Waals surface area contributed by atoms with E-state index < -0.39 is 5.91 Å². The topological polar surface area (TPSA) is 71.3 Å². The predicted molar refractivity (Wildman–Crippen MR) is 147 cm³/mol. The fraction of sp³-hybridized carbons (Fsp3) is 0.154. The van der Waals surface area contributed by atoms with Crippen molar-refractivity contribution < 1.29 is 14.3 Å². The molecule has 168 valence electrons. The molecule has 0 fully saturated rings. The number of carbonyl (C=O) groups excluding carboxylic acids is 1. The molecular weight excluding hydrogens is 642 g/mol. The number of amides is 1. The van der Waals surface area contributed by atoms with Crippen LogP contribution in [0.25, 0.3) is 6.08 Å². The Morgan fingerprint density at radius 1 is 1.03 bits per heavy atom. The van der Waals surface area contributed by atoms with Crippen LogP contribution in [0.1, 0.15) is 23.6 Å². The molecule has 0 aliphatic carbocycles. The molecule has 0 saturated carbocycles. The minimum atomic E-state index is -0.466. The first-order chi connectivity index (χ1) is 15.9. The number of benzene rings is 3. The molecule has 33 heavy (non-hydrogen) atoms. The van der Waals surface area contributed by atoms with Crippen molar-refractivity contribution in [1.29, 1.82) is 5.26 Å². The molecule has 0 atom stereocenters. The second-order valence-electron chi connectivity index (χ2n) is 7.17. The maximum absolute atomic E-state index is 12.6. The summed E-state index contributed by atoms with van der Waals surface area (Å²) in [7, 11) is 0. The average Bonchev–Trinajstić information content (AvgIpc) is 2.79. The van der Waals surface area contributed by atoms with E-state index >= 15 is 0 Å². The molecule has 0 radical (unpaired) electrons. The van der Waals surface area contributed by atoms with Crippen LogP contribution in [0, 0.1) is 25.4 Å². The van der Waals surface area contributed by atoms with Gasteiger partial charge in [0.05, 0.1) is 13.7 Å². The van der Waals surface area contributed by atoms with Crippen molar-refractivity contribution in [2.75, 3.05) is 11.9 Å². The monoisotopic (exact) mass is 664 g/mol. The van der Waals surface area contributed by atoms with Gasteiger partial charge in [-0.15, -0.1) is 0 Å². The summed E-state index contributed by atoms with van der Waals surface area (Å²) in [4.78, 5) is 12.6. The minimum Gasteiger partial charge on any atom is -0.494 e. The average molecular weight is 664 g/mol. The van der Waals surface area contributed by atoms with Crippen molar-refractivity contribution in [3.63, 3.8) is 0 Å². The van der Waals surface area contributed by atoms with E-state index in [0.29, 0.717) is 18.9 Å². The highest BCUT2D eigenvalue weighted by Crippen LogP contribution is 2.30. The lowest BCUT2D eigenvalue weighted by Crippen LogP contribution is -2.13. The van der Waals surface area contributed by atoms with Gasteiger partial charge in [-0.05, 0) is 113 Å². The number of nitrogens with zero attached hydrogens (tertiary/aromatic N) is 1. The summed E-state index contributed by atoms with van der Waals surface area (Å²) >= 11 is 4.42. The van der Waals surface area contributed by atoms with E-state index in [0.717, 1.165) is 29.8 Å². The number of ether oxygens (including phenoxy) is 2. The van der Waals surface area contributed by atoms with E-state index in [9.17, 15) is 10.1 Å². The van der Waals surface area contributed by atoms with E-state index in [1.165, 1.54) is 5.56 Å². The number of nitrogens with one attached hydrogen (secondary N) is 1. The maximum Gasteiger partial charge on any atom is 0.266 e. The summed E-state index contributed by atoms with van der Waals surface area (Å²) in [6.45, 7) is 5.00. The number of anilines is 1. The minimum absolute atomic E-state index is 0.0174. The second kappa shape index (κ2) is 12.0. The third-order valence-electron chi connectivity index (χ3n) is 4.62. The van der Waals surface area contributed by atoms with Gasteiger partial charge in [0, 0.05) is 5.69 Å². The molecule has 0 bridgehead atoms. The zero-order valence-electron chi connectivity index (χ0n) is 18.2. The standard InChI is InChI=1S/C26H22I2N2O3/c1-3-32-22-10-8-21(9-11-22)30-26(31)20(15-29)12-19-13-23(27)25(24(28)14-19)33-16-18-6-4-17(2)5-7-18/h4-14H,3,16H2,1-2H3,(H,30,31)/b20-12-. The summed E-state index contributed by atoms with van der Waals surface area (Å²) in [5.74, 6) is 1.04. The van der Waals surface area contributed by atoms with Crippen LogP contribution in [0.3, 0.4) is 0 Å².